The van der Waals surface area contributed by atoms with Crippen LogP contribution in [0.2, 0.25) is 0 Å². The van der Waals surface area contributed by atoms with E-state index < -0.39 is 16.1 Å². The first-order valence-electron chi connectivity index (χ1n) is 5.13. The summed E-state index contributed by atoms with van der Waals surface area (Å²) in [6, 6.07) is 4.60. The molecule has 17 heavy (non-hydrogen) atoms. The fraction of sp³-hybridized carbons (Fsp3) is 0.364. The number of nitrogens with one attached hydrogen (secondary N) is 1. The van der Waals surface area contributed by atoms with Crippen molar-refractivity contribution in [2.75, 3.05) is 0 Å². The lowest BCUT2D eigenvalue weighted by molar-refractivity contribution is 0.578. The molecule has 0 amide bonds. The fourth-order valence-corrected chi connectivity index (χ4v) is 3.04. The van der Waals surface area contributed by atoms with Crippen molar-refractivity contribution in [3.05, 3.63) is 29.3 Å². The summed E-state index contributed by atoms with van der Waals surface area (Å²) < 4.78 is 26.5. The van der Waals surface area contributed by atoms with Crippen LogP contribution in [0, 0.1) is 13.8 Å². The van der Waals surface area contributed by atoms with Crippen LogP contribution in [0.5, 0.6) is 0 Å². The van der Waals surface area contributed by atoms with Gasteiger partial charge < -0.3 is 5.73 Å². The van der Waals surface area contributed by atoms with Crippen molar-refractivity contribution in [2.45, 2.75) is 31.7 Å². The van der Waals surface area contributed by atoms with Gasteiger partial charge in [-0.25, -0.2) is 13.1 Å². The molecule has 0 aliphatic rings. The van der Waals surface area contributed by atoms with E-state index in [1.54, 1.807) is 26.0 Å². The number of benzene rings is 1. The van der Waals surface area contributed by atoms with Gasteiger partial charge in [-0.3, -0.25) is 0 Å². The van der Waals surface area contributed by atoms with Gasteiger partial charge in [0.15, 0.2) is 0 Å². The predicted octanol–water partition coefficient (Wildman–Crippen LogP) is 1.26. The zero-order valence-corrected chi connectivity index (χ0v) is 11.7. The lowest BCUT2D eigenvalue weighted by Crippen LogP contribution is -2.41. The first-order valence-corrected chi connectivity index (χ1v) is 7.02. The van der Waals surface area contributed by atoms with Crippen molar-refractivity contribution in [1.82, 2.24) is 4.72 Å². The van der Waals surface area contributed by atoms with Crippen molar-refractivity contribution in [3.63, 3.8) is 0 Å². The molecule has 1 unspecified atom stereocenters. The van der Waals surface area contributed by atoms with Gasteiger partial charge >= 0.3 is 0 Å². The van der Waals surface area contributed by atoms with Crippen LogP contribution >= 0.6 is 12.2 Å². The number of sulfonamides is 1. The molecule has 0 heterocycles. The van der Waals surface area contributed by atoms with Crippen molar-refractivity contribution in [1.29, 1.82) is 0 Å². The number of thiocarbonyl (C=S) groups is 1. The molecule has 4 nitrogen and oxygen atoms in total. The van der Waals surface area contributed by atoms with E-state index in [4.69, 9.17) is 18.0 Å². The zero-order chi connectivity index (χ0) is 13.2. The first-order chi connectivity index (χ1) is 7.74. The topological polar surface area (TPSA) is 72.2 Å². The van der Waals surface area contributed by atoms with Gasteiger partial charge in [0.05, 0.1) is 15.9 Å². The summed E-state index contributed by atoms with van der Waals surface area (Å²) in [5, 5.41) is 0. The van der Waals surface area contributed by atoms with E-state index >= 15 is 0 Å². The minimum Gasteiger partial charge on any atom is -0.392 e. The van der Waals surface area contributed by atoms with Crippen LogP contribution < -0.4 is 10.5 Å². The summed E-state index contributed by atoms with van der Waals surface area (Å²) in [5.74, 6) is 0. The molecular weight excluding hydrogens is 256 g/mol. The lowest BCUT2D eigenvalue weighted by atomic mass is 10.2. The third kappa shape index (κ3) is 3.49. The number of nitrogens with two attached hydrogens (primary N) is 1. The van der Waals surface area contributed by atoms with Gasteiger partial charge in [0, 0.05) is 0 Å². The number of aryl methyl sites for hydroxylation is 2. The number of hydrogen-bond acceptors (Lipinski definition) is 3. The van der Waals surface area contributed by atoms with E-state index in [-0.39, 0.29) is 9.88 Å². The number of hydrogen-bond donors (Lipinski definition) is 2. The van der Waals surface area contributed by atoms with Gasteiger partial charge in [-0.15, -0.1) is 0 Å². The van der Waals surface area contributed by atoms with Crippen LogP contribution in [0.4, 0.5) is 0 Å². The van der Waals surface area contributed by atoms with Crippen molar-refractivity contribution in [2.24, 2.45) is 5.73 Å². The molecule has 0 aliphatic heterocycles. The molecule has 0 saturated heterocycles. The molecule has 0 spiro atoms. The third-order valence-corrected chi connectivity index (χ3v) is 4.43. The van der Waals surface area contributed by atoms with E-state index in [1.165, 1.54) is 0 Å². The summed E-state index contributed by atoms with van der Waals surface area (Å²) >= 11 is 4.74. The highest BCUT2D eigenvalue weighted by molar-refractivity contribution is 7.89. The average Bonchev–Trinajstić information content (AvgIpc) is 2.15. The second-order valence-electron chi connectivity index (χ2n) is 4.01. The summed E-state index contributed by atoms with van der Waals surface area (Å²) in [7, 11) is -3.57. The SMILES string of the molecule is Cc1ccc(S(=O)(=O)NC(C)C(N)=S)c(C)c1. The molecular formula is C11H16N2O2S2. The molecule has 0 fully saturated rings. The maximum atomic E-state index is 12.1. The molecule has 0 radical (unpaired) electrons. The Hall–Kier alpha value is -0.980. The highest BCUT2D eigenvalue weighted by Crippen LogP contribution is 2.16. The van der Waals surface area contributed by atoms with Gasteiger partial charge in [0.1, 0.15) is 0 Å². The quantitative estimate of drug-likeness (QED) is 0.809. The summed E-state index contributed by atoms with van der Waals surface area (Å²) in [4.78, 5) is 0.379. The van der Waals surface area contributed by atoms with Crippen LogP contribution in [0.25, 0.3) is 0 Å². The van der Waals surface area contributed by atoms with Crippen molar-refractivity contribution < 1.29 is 8.42 Å². The molecule has 94 valence electrons. The molecule has 0 bridgehead atoms. The summed E-state index contributed by atoms with van der Waals surface area (Å²) in [6.45, 7) is 5.28. The Morgan fingerprint density at radius 2 is 2.00 bits per heavy atom. The normalized spacial score (nSPS) is 13.4. The molecule has 1 aromatic carbocycles. The standard InChI is InChI=1S/C11H16N2O2S2/c1-7-4-5-10(8(2)6-7)17(14,15)13-9(3)11(12)16/h4-6,9,13H,1-3H3,(H2,12,16). The minimum absolute atomic E-state index is 0.123. The Labute approximate surface area is 107 Å². The van der Waals surface area contributed by atoms with Crippen molar-refractivity contribution in [3.8, 4) is 0 Å². The predicted molar refractivity (Wildman–Crippen MR) is 72.5 cm³/mol. The molecule has 0 aromatic heterocycles. The second kappa shape index (κ2) is 5.12. The van der Waals surface area contributed by atoms with Crippen LogP contribution in [-0.4, -0.2) is 19.4 Å². The monoisotopic (exact) mass is 272 g/mol. The van der Waals surface area contributed by atoms with Gasteiger partial charge in [-0.1, -0.05) is 29.9 Å². The van der Waals surface area contributed by atoms with E-state index in [0.29, 0.717) is 5.56 Å². The van der Waals surface area contributed by atoms with E-state index in [9.17, 15) is 8.42 Å². The Bertz CT molecular complexity index is 538. The smallest absolute Gasteiger partial charge is 0.241 e. The largest absolute Gasteiger partial charge is 0.392 e. The zero-order valence-electron chi connectivity index (χ0n) is 10.0. The van der Waals surface area contributed by atoms with Gasteiger partial charge in [0.25, 0.3) is 0 Å². The Balaban J connectivity index is 3.10. The highest BCUT2D eigenvalue weighted by atomic mass is 32.2. The maximum absolute atomic E-state index is 12.1. The van der Waals surface area contributed by atoms with E-state index in [0.717, 1.165) is 5.56 Å². The van der Waals surface area contributed by atoms with Gasteiger partial charge in [0.2, 0.25) is 10.0 Å². The Morgan fingerprint density at radius 1 is 1.41 bits per heavy atom. The fourth-order valence-electron chi connectivity index (χ4n) is 1.46. The first kappa shape index (κ1) is 14.1. The van der Waals surface area contributed by atoms with Crippen molar-refractivity contribution >= 4 is 27.2 Å². The van der Waals surface area contributed by atoms with Gasteiger partial charge in [-0.05, 0) is 32.4 Å². The minimum atomic E-state index is -3.57. The Kier molecular flexibility index (Phi) is 4.24. The molecule has 1 atom stereocenters. The number of rotatable bonds is 4. The summed E-state index contributed by atoms with van der Waals surface area (Å²) in [6.07, 6.45) is 0. The van der Waals surface area contributed by atoms with E-state index in [1.807, 2.05) is 13.0 Å². The molecule has 0 aliphatic carbocycles. The third-order valence-electron chi connectivity index (χ3n) is 2.38. The Morgan fingerprint density at radius 3 is 2.47 bits per heavy atom. The molecule has 6 heteroatoms. The maximum Gasteiger partial charge on any atom is 0.241 e. The van der Waals surface area contributed by atoms with E-state index in [2.05, 4.69) is 4.72 Å². The lowest BCUT2D eigenvalue weighted by Gasteiger charge is -2.14. The molecule has 0 saturated carbocycles. The van der Waals surface area contributed by atoms with Crippen LogP contribution in [0.3, 0.4) is 0 Å². The van der Waals surface area contributed by atoms with Crippen LogP contribution in [-0.2, 0) is 10.0 Å². The molecule has 3 N–H and O–H groups in total. The highest BCUT2D eigenvalue weighted by Gasteiger charge is 2.20. The second-order valence-corrected chi connectivity index (χ2v) is 6.17. The molecule has 1 rings (SSSR count). The summed E-state index contributed by atoms with van der Waals surface area (Å²) in [5.41, 5.74) is 7.11. The average molecular weight is 272 g/mol. The molecule has 1 aromatic rings. The van der Waals surface area contributed by atoms with Gasteiger partial charge in [-0.2, -0.15) is 0 Å². The van der Waals surface area contributed by atoms with Crippen LogP contribution in [0.1, 0.15) is 18.1 Å². The van der Waals surface area contributed by atoms with Crippen LogP contribution in [0.15, 0.2) is 23.1 Å².